The number of hydrogen-bond acceptors (Lipinski definition) is 3. The smallest absolute Gasteiger partial charge is 0.330 e. The van der Waals surface area contributed by atoms with Crippen LogP contribution in [0.25, 0.3) is 6.08 Å². The van der Waals surface area contributed by atoms with Gasteiger partial charge in [0.25, 0.3) is 0 Å². The molecule has 0 saturated heterocycles. The molecule has 0 N–H and O–H groups in total. The highest BCUT2D eigenvalue weighted by molar-refractivity contribution is 5.83. The van der Waals surface area contributed by atoms with Crippen LogP contribution in [0.15, 0.2) is 47.6 Å². The van der Waals surface area contributed by atoms with Gasteiger partial charge in [-0.3, -0.25) is 0 Å². The lowest BCUT2D eigenvalue weighted by atomic mass is 9.96. The highest BCUT2D eigenvalue weighted by Crippen LogP contribution is 2.28. The number of carbonyl (C=O) groups is 1. The van der Waals surface area contributed by atoms with E-state index in [1.807, 2.05) is 32.1 Å². The Bertz CT molecular complexity index is 762. The summed E-state index contributed by atoms with van der Waals surface area (Å²) in [4.78, 5) is 11.4. The van der Waals surface area contributed by atoms with Crippen LogP contribution < -0.4 is 4.74 Å². The molecule has 0 aromatic heterocycles. The van der Waals surface area contributed by atoms with Gasteiger partial charge >= 0.3 is 5.97 Å². The van der Waals surface area contributed by atoms with Crippen LogP contribution >= 0.6 is 0 Å². The summed E-state index contributed by atoms with van der Waals surface area (Å²) in [6.07, 6.45) is 11.6. The number of benzene rings is 1. The van der Waals surface area contributed by atoms with Gasteiger partial charge in [-0.1, -0.05) is 36.0 Å². The van der Waals surface area contributed by atoms with E-state index >= 15 is 0 Å². The molecule has 0 heterocycles. The van der Waals surface area contributed by atoms with Crippen molar-refractivity contribution in [3.63, 3.8) is 0 Å². The number of hydrogen-bond donors (Lipinski definition) is 0. The summed E-state index contributed by atoms with van der Waals surface area (Å²) >= 11 is 0. The third-order valence-corrected chi connectivity index (χ3v) is 4.19. The Morgan fingerprint density at radius 1 is 1.08 bits per heavy atom. The minimum absolute atomic E-state index is 0.309. The van der Waals surface area contributed by atoms with Crippen molar-refractivity contribution >= 4 is 12.0 Å². The van der Waals surface area contributed by atoms with Crippen LogP contribution in [0.3, 0.4) is 0 Å². The van der Waals surface area contributed by atoms with Gasteiger partial charge in [0.15, 0.2) is 0 Å². The molecule has 1 aromatic rings. The zero-order chi connectivity index (χ0) is 19.7. The first-order chi connectivity index (χ1) is 12.3. The van der Waals surface area contributed by atoms with E-state index in [9.17, 15) is 4.79 Å². The van der Waals surface area contributed by atoms with Gasteiger partial charge in [0.1, 0.15) is 5.75 Å². The average Bonchev–Trinajstić information content (AvgIpc) is 2.58. The SMILES string of the molecule is CCOC(=O)\C=C(C)/C=C/C=C(C)\C=C\c1c(C)cc(OC)c(C)c1C. The van der Waals surface area contributed by atoms with Crippen LogP contribution in [0.5, 0.6) is 5.75 Å². The molecule has 26 heavy (non-hydrogen) atoms. The standard InChI is InChI=1S/C23H30O3/c1-8-26-23(24)14-17(3)11-9-10-16(2)12-13-21-18(4)15-22(25-7)20(6)19(21)5/h9-15H,8H2,1-7H3/b11-9+,13-12+,16-10-,17-14-. The Morgan fingerprint density at radius 3 is 2.38 bits per heavy atom. The first kappa shape index (κ1) is 21.5. The second-order valence-corrected chi connectivity index (χ2v) is 6.30. The Hall–Kier alpha value is -2.55. The van der Waals surface area contributed by atoms with Crippen molar-refractivity contribution in [2.75, 3.05) is 13.7 Å². The quantitative estimate of drug-likeness (QED) is 0.361. The van der Waals surface area contributed by atoms with Crippen molar-refractivity contribution in [2.45, 2.75) is 41.5 Å². The molecule has 1 rings (SSSR count). The highest BCUT2D eigenvalue weighted by Gasteiger charge is 2.08. The molecular weight excluding hydrogens is 324 g/mol. The number of methoxy groups -OCH3 is 1. The fraction of sp³-hybridized carbons (Fsp3) is 0.348. The van der Waals surface area contributed by atoms with Gasteiger partial charge in [-0.2, -0.15) is 0 Å². The molecule has 0 fully saturated rings. The highest BCUT2D eigenvalue weighted by atomic mass is 16.5. The fourth-order valence-corrected chi connectivity index (χ4v) is 2.57. The zero-order valence-corrected chi connectivity index (χ0v) is 17.0. The molecule has 0 saturated carbocycles. The van der Waals surface area contributed by atoms with Crippen molar-refractivity contribution < 1.29 is 14.3 Å². The van der Waals surface area contributed by atoms with Gasteiger partial charge < -0.3 is 9.47 Å². The Morgan fingerprint density at radius 2 is 1.77 bits per heavy atom. The molecule has 0 amide bonds. The molecular formula is C23H30O3. The van der Waals surface area contributed by atoms with Crippen molar-refractivity contribution in [1.29, 1.82) is 0 Å². The molecule has 0 radical (unpaired) electrons. The molecule has 0 atom stereocenters. The summed E-state index contributed by atoms with van der Waals surface area (Å²) < 4.78 is 10.3. The third kappa shape index (κ3) is 6.40. The van der Waals surface area contributed by atoms with Crippen LogP contribution in [0, 0.1) is 20.8 Å². The summed E-state index contributed by atoms with van der Waals surface area (Å²) in [7, 11) is 1.70. The lowest BCUT2D eigenvalue weighted by Gasteiger charge is -2.13. The lowest BCUT2D eigenvalue weighted by Crippen LogP contribution is -1.99. The third-order valence-electron chi connectivity index (χ3n) is 4.19. The second-order valence-electron chi connectivity index (χ2n) is 6.30. The number of allylic oxidation sites excluding steroid dienone is 6. The molecule has 3 heteroatoms. The molecule has 0 bridgehead atoms. The van der Waals surface area contributed by atoms with Gasteiger partial charge in [-0.25, -0.2) is 4.79 Å². The second kappa shape index (κ2) is 10.4. The molecule has 140 valence electrons. The Balaban J connectivity index is 2.89. The number of rotatable bonds is 7. The van der Waals surface area contributed by atoms with E-state index in [-0.39, 0.29) is 5.97 Å². The van der Waals surface area contributed by atoms with E-state index in [1.54, 1.807) is 14.0 Å². The van der Waals surface area contributed by atoms with Crippen molar-refractivity contribution in [1.82, 2.24) is 0 Å². The predicted octanol–water partition coefficient (Wildman–Crippen LogP) is 5.65. The molecule has 0 aliphatic rings. The van der Waals surface area contributed by atoms with Gasteiger partial charge in [0.05, 0.1) is 13.7 Å². The minimum atomic E-state index is -0.309. The van der Waals surface area contributed by atoms with E-state index in [4.69, 9.17) is 9.47 Å². The lowest BCUT2D eigenvalue weighted by molar-refractivity contribution is -0.137. The van der Waals surface area contributed by atoms with Crippen molar-refractivity contribution in [3.05, 3.63) is 69.8 Å². The minimum Gasteiger partial charge on any atom is -0.496 e. The fourth-order valence-electron chi connectivity index (χ4n) is 2.57. The molecule has 0 spiro atoms. The number of ether oxygens (including phenoxy) is 2. The van der Waals surface area contributed by atoms with Crippen molar-refractivity contribution in [3.8, 4) is 5.75 Å². The van der Waals surface area contributed by atoms with Crippen molar-refractivity contribution in [2.24, 2.45) is 0 Å². The summed E-state index contributed by atoms with van der Waals surface area (Å²) in [6, 6.07) is 2.07. The molecule has 1 aromatic carbocycles. The summed E-state index contributed by atoms with van der Waals surface area (Å²) in [5, 5.41) is 0. The normalized spacial score (nSPS) is 12.9. The largest absolute Gasteiger partial charge is 0.496 e. The maximum absolute atomic E-state index is 11.4. The van der Waals surface area contributed by atoms with Gasteiger partial charge in [0.2, 0.25) is 0 Å². The van der Waals surface area contributed by atoms with Gasteiger partial charge in [-0.15, -0.1) is 0 Å². The number of aryl methyl sites for hydroxylation is 1. The van der Waals surface area contributed by atoms with E-state index in [0.717, 1.165) is 16.9 Å². The topological polar surface area (TPSA) is 35.5 Å². The van der Waals surface area contributed by atoms with E-state index in [1.165, 1.54) is 28.3 Å². The number of carbonyl (C=O) groups excluding carboxylic acids is 1. The van der Waals surface area contributed by atoms with Gasteiger partial charge in [-0.05, 0) is 75.4 Å². The summed E-state index contributed by atoms with van der Waals surface area (Å²) in [6.45, 7) is 12.4. The summed E-state index contributed by atoms with van der Waals surface area (Å²) in [5.74, 6) is 0.618. The maximum atomic E-state index is 11.4. The number of esters is 1. The van der Waals surface area contributed by atoms with E-state index in [0.29, 0.717) is 6.61 Å². The zero-order valence-electron chi connectivity index (χ0n) is 17.0. The Kier molecular flexibility index (Phi) is 8.63. The predicted molar refractivity (Wildman–Crippen MR) is 110 cm³/mol. The first-order valence-corrected chi connectivity index (χ1v) is 8.83. The van der Waals surface area contributed by atoms with E-state index < -0.39 is 0 Å². The first-order valence-electron chi connectivity index (χ1n) is 8.83. The van der Waals surface area contributed by atoms with Crippen LogP contribution in [-0.2, 0) is 9.53 Å². The van der Waals surface area contributed by atoms with Crippen LogP contribution in [-0.4, -0.2) is 19.7 Å². The molecule has 0 unspecified atom stereocenters. The molecule has 3 nitrogen and oxygen atoms in total. The van der Waals surface area contributed by atoms with Crippen LogP contribution in [0.2, 0.25) is 0 Å². The monoisotopic (exact) mass is 354 g/mol. The average molecular weight is 354 g/mol. The van der Waals surface area contributed by atoms with Gasteiger partial charge in [0, 0.05) is 6.08 Å². The molecule has 0 aliphatic heterocycles. The van der Waals surface area contributed by atoms with Crippen LogP contribution in [0.4, 0.5) is 0 Å². The maximum Gasteiger partial charge on any atom is 0.330 e. The molecule has 0 aliphatic carbocycles. The Labute approximate surface area is 157 Å². The van der Waals surface area contributed by atoms with E-state index in [2.05, 4.69) is 39.0 Å². The summed E-state index contributed by atoms with van der Waals surface area (Å²) in [5.41, 5.74) is 6.79. The van der Waals surface area contributed by atoms with Crippen LogP contribution in [0.1, 0.15) is 43.0 Å².